The highest BCUT2D eigenvalue weighted by molar-refractivity contribution is 5.93. The average Bonchev–Trinajstić information content (AvgIpc) is 3.38. The Morgan fingerprint density at radius 3 is 2.63 bits per heavy atom. The second kappa shape index (κ2) is 7.27. The summed E-state index contributed by atoms with van der Waals surface area (Å²) < 4.78 is 40.3. The van der Waals surface area contributed by atoms with Crippen molar-refractivity contribution in [2.75, 3.05) is 24.5 Å². The molecule has 0 amide bonds. The Morgan fingerprint density at radius 2 is 1.90 bits per heavy atom. The number of nitrogens with zero attached hydrogens (tertiary/aromatic N) is 4. The number of nitrogens with one attached hydrogen (secondary N) is 1. The maximum atomic E-state index is 13.4. The molecule has 2 aromatic heterocycles. The molecular formula is C22H24F3N5. The third-order valence-electron chi connectivity index (χ3n) is 6.75. The Hall–Kier alpha value is -2.61. The van der Waals surface area contributed by atoms with Crippen LogP contribution in [-0.2, 0) is 12.7 Å². The molecule has 0 atom stereocenters. The first-order valence-corrected chi connectivity index (χ1v) is 10.4. The molecule has 0 unspecified atom stereocenters. The molecule has 1 aromatic carbocycles. The van der Waals surface area contributed by atoms with E-state index in [1.807, 2.05) is 12.3 Å². The average molecular weight is 415 g/mol. The van der Waals surface area contributed by atoms with Crippen molar-refractivity contribution in [3.63, 3.8) is 0 Å². The van der Waals surface area contributed by atoms with E-state index in [-0.39, 0.29) is 11.1 Å². The predicted octanol–water partition coefficient (Wildman–Crippen LogP) is 4.61. The van der Waals surface area contributed by atoms with Gasteiger partial charge in [0.2, 0.25) is 0 Å². The Kier molecular flexibility index (Phi) is 4.69. The van der Waals surface area contributed by atoms with Crippen molar-refractivity contribution in [1.29, 1.82) is 0 Å². The Balaban J connectivity index is 1.39. The van der Waals surface area contributed by atoms with Crippen molar-refractivity contribution in [3.8, 4) is 0 Å². The monoisotopic (exact) mass is 415 g/mol. The lowest BCUT2D eigenvalue weighted by molar-refractivity contribution is -0.136. The maximum Gasteiger partial charge on any atom is 0.418 e. The van der Waals surface area contributed by atoms with Gasteiger partial charge in [-0.2, -0.15) is 13.2 Å². The van der Waals surface area contributed by atoms with Crippen molar-refractivity contribution in [1.82, 2.24) is 19.9 Å². The summed E-state index contributed by atoms with van der Waals surface area (Å²) in [5.74, 6) is 0. The fraction of sp³-hybridized carbons (Fsp3) is 0.455. The number of H-pyrrole nitrogens is 1. The van der Waals surface area contributed by atoms with Crippen molar-refractivity contribution in [2.24, 2.45) is 0 Å². The van der Waals surface area contributed by atoms with E-state index in [2.05, 4.69) is 24.8 Å². The Bertz CT molecular complexity index is 1020. The number of benzene rings is 1. The third-order valence-corrected chi connectivity index (χ3v) is 6.75. The molecule has 5 rings (SSSR count). The number of likely N-dealkylation sites (tertiary alicyclic amines) is 1. The molecule has 0 radical (unpaired) electrons. The van der Waals surface area contributed by atoms with Gasteiger partial charge in [-0.05, 0) is 44.4 Å². The first-order chi connectivity index (χ1) is 14.5. The van der Waals surface area contributed by atoms with Crippen molar-refractivity contribution in [2.45, 2.75) is 43.9 Å². The minimum Gasteiger partial charge on any atom is -0.371 e. The Morgan fingerprint density at radius 1 is 1.07 bits per heavy atom. The lowest BCUT2D eigenvalue weighted by atomic mass is 9.84. The van der Waals surface area contributed by atoms with E-state index in [9.17, 15) is 13.2 Å². The van der Waals surface area contributed by atoms with Crippen LogP contribution < -0.4 is 4.90 Å². The SMILES string of the molecule is FC(F)(F)c1cccc2c(N3CCC4(CCCN4Cc4cnc[nH]4)CC3)ccnc12. The van der Waals surface area contributed by atoms with E-state index in [1.54, 1.807) is 12.4 Å². The quantitative estimate of drug-likeness (QED) is 0.679. The number of aromatic amines is 1. The van der Waals surface area contributed by atoms with Crippen molar-refractivity contribution >= 4 is 16.6 Å². The largest absolute Gasteiger partial charge is 0.418 e. The van der Waals surface area contributed by atoms with Crippen LogP contribution in [0, 0.1) is 0 Å². The molecule has 5 nitrogen and oxygen atoms in total. The molecule has 30 heavy (non-hydrogen) atoms. The van der Waals surface area contributed by atoms with Crippen LogP contribution in [0.3, 0.4) is 0 Å². The number of halogens is 3. The number of anilines is 1. The van der Waals surface area contributed by atoms with E-state index in [0.717, 1.165) is 56.5 Å². The molecule has 0 saturated carbocycles. The maximum absolute atomic E-state index is 13.4. The number of alkyl halides is 3. The van der Waals surface area contributed by atoms with Gasteiger partial charge in [-0.15, -0.1) is 0 Å². The normalized spacial score (nSPS) is 19.8. The van der Waals surface area contributed by atoms with E-state index in [4.69, 9.17) is 0 Å². The third kappa shape index (κ3) is 3.33. The number of imidazole rings is 1. The highest BCUT2D eigenvalue weighted by Gasteiger charge is 2.43. The number of hydrogen-bond acceptors (Lipinski definition) is 4. The molecule has 1 N–H and O–H groups in total. The first kappa shape index (κ1) is 19.4. The van der Waals surface area contributed by atoms with Crippen molar-refractivity contribution in [3.05, 3.63) is 54.2 Å². The van der Waals surface area contributed by atoms with E-state index < -0.39 is 11.7 Å². The van der Waals surface area contributed by atoms with Crippen LogP contribution in [0.5, 0.6) is 0 Å². The van der Waals surface area contributed by atoms with Gasteiger partial charge in [0, 0.05) is 54.3 Å². The molecule has 4 heterocycles. The molecule has 8 heteroatoms. The lowest BCUT2D eigenvalue weighted by Crippen LogP contribution is -2.52. The van der Waals surface area contributed by atoms with Gasteiger partial charge in [-0.1, -0.05) is 12.1 Å². The van der Waals surface area contributed by atoms with Crippen LogP contribution in [0.4, 0.5) is 18.9 Å². The summed E-state index contributed by atoms with van der Waals surface area (Å²) in [4.78, 5) is 16.2. The van der Waals surface area contributed by atoms with Crippen LogP contribution in [-0.4, -0.2) is 45.0 Å². The lowest BCUT2D eigenvalue weighted by Gasteiger charge is -2.46. The number of hydrogen-bond donors (Lipinski definition) is 1. The zero-order chi connectivity index (χ0) is 20.8. The standard InChI is InChI=1S/C22H24F3N5/c23-22(24,25)18-4-1-3-17-19(5-9-27-20(17)18)29-11-7-21(8-12-29)6-2-10-30(21)14-16-13-26-15-28-16/h1,3-5,9,13,15H,2,6-8,10-12,14H2,(H,26,28). The van der Waals surface area contributed by atoms with E-state index in [1.165, 1.54) is 25.1 Å². The number of fused-ring (bicyclic) bond motifs is 1. The highest BCUT2D eigenvalue weighted by Crippen LogP contribution is 2.42. The zero-order valence-electron chi connectivity index (χ0n) is 16.6. The van der Waals surface area contributed by atoms with Crippen LogP contribution in [0.15, 0.2) is 43.0 Å². The summed E-state index contributed by atoms with van der Waals surface area (Å²) in [5.41, 5.74) is 1.50. The molecule has 2 aliphatic rings. The second-order valence-corrected chi connectivity index (χ2v) is 8.34. The van der Waals surface area contributed by atoms with Gasteiger partial charge < -0.3 is 9.88 Å². The van der Waals surface area contributed by atoms with Gasteiger partial charge in [-0.3, -0.25) is 9.88 Å². The molecule has 2 aliphatic heterocycles. The van der Waals surface area contributed by atoms with Gasteiger partial charge in [-0.25, -0.2) is 4.98 Å². The summed E-state index contributed by atoms with van der Waals surface area (Å²) in [5, 5.41) is 0.573. The van der Waals surface area contributed by atoms with Gasteiger partial charge in [0.05, 0.1) is 17.4 Å². The van der Waals surface area contributed by atoms with E-state index in [0.29, 0.717) is 5.39 Å². The highest BCUT2D eigenvalue weighted by atomic mass is 19.4. The number of para-hydroxylation sites is 1. The number of rotatable bonds is 3. The van der Waals surface area contributed by atoms with Crippen molar-refractivity contribution < 1.29 is 13.2 Å². The molecule has 0 bridgehead atoms. The molecule has 1 spiro atoms. The molecule has 0 aliphatic carbocycles. The predicted molar refractivity (Wildman–Crippen MR) is 109 cm³/mol. The molecular weight excluding hydrogens is 391 g/mol. The summed E-state index contributed by atoms with van der Waals surface area (Å²) in [6.07, 6.45) is 5.04. The van der Waals surface area contributed by atoms with E-state index >= 15 is 0 Å². The number of pyridine rings is 1. The summed E-state index contributed by atoms with van der Waals surface area (Å²) in [6, 6.07) is 6.18. The van der Waals surface area contributed by atoms with Gasteiger partial charge in [0.25, 0.3) is 0 Å². The van der Waals surface area contributed by atoms with Gasteiger partial charge in [0.1, 0.15) is 0 Å². The Labute approximate surface area is 172 Å². The van der Waals surface area contributed by atoms with Gasteiger partial charge >= 0.3 is 6.18 Å². The molecule has 2 saturated heterocycles. The smallest absolute Gasteiger partial charge is 0.371 e. The minimum atomic E-state index is -4.41. The van der Waals surface area contributed by atoms with Crippen LogP contribution >= 0.6 is 0 Å². The molecule has 2 fully saturated rings. The molecule has 3 aromatic rings. The van der Waals surface area contributed by atoms with Gasteiger partial charge in [0.15, 0.2) is 0 Å². The minimum absolute atomic E-state index is 0.0320. The molecule has 158 valence electrons. The zero-order valence-corrected chi connectivity index (χ0v) is 16.6. The van der Waals surface area contributed by atoms with Crippen LogP contribution in [0.2, 0.25) is 0 Å². The summed E-state index contributed by atoms with van der Waals surface area (Å²) in [6.45, 7) is 3.60. The van der Waals surface area contributed by atoms with Crippen LogP contribution in [0.25, 0.3) is 10.9 Å². The number of piperidine rings is 1. The summed E-state index contributed by atoms with van der Waals surface area (Å²) in [7, 11) is 0. The summed E-state index contributed by atoms with van der Waals surface area (Å²) >= 11 is 0. The topological polar surface area (TPSA) is 48.0 Å². The first-order valence-electron chi connectivity index (χ1n) is 10.4. The second-order valence-electron chi connectivity index (χ2n) is 8.34. The fourth-order valence-corrected chi connectivity index (χ4v) is 5.21. The fourth-order valence-electron chi connectivity index (χ4n) is 5.21. The number of aromatic nitrogens is 3. The van der Waals surface area contributed by atoms with Crippen LogP contribution in [0.1, 0.15) is 36.9 Å².